The summed E-state index contributed by atoms with van der Waals surface area (Å²) in [5.74, 6) is 0.550. The third kappa shape index (κ3) is 5.61. The largest absolute Gasteiger partial charge is 0.272 e. The molecule has 0 bridgehead atoms. The normalized spacial score (nSPS) is 16.3. The third-order valence-electron chi connectivity index (χ3n) is 5.47. The predicted octanol–water partition coefficient (Wildman–Crippen LogP) is 6.94. The van der Waals surface area contributed by atoms with E-state index in [1.807, 2.05) is 6.07 Å². The van der Waals surface area contributed by atoms with E-state index in [-0.39, 0.29) is 4.92 Å². The van der Waals surface area contributed by atoms with Crippen LogP contribution in [-0.4, -0.2) is 4.92 Å². The first-order valence-electron chi connectivity index (χ1n) is 10.00. The molecule has 0 heterocycles. The van der Waals surface area contributed by atoms with Gasteiger partial charge in [-0.3, -0.25) is 10.1 Å². The number of unbranched alkanes of at least 4 members (excludes halogenated alkanes) is 9. The quantitative estimate of drug-likeness (QED) is 0.236. The Bertz CT molecular complexity index is 513. The first kappa shape index (κ1) is 19.0. The fourth-order valence-electron chi connectivity index (χ4n) is 4.07. The smallest absolute Gasteiger partial charge is 0.258 e. The SMILES string of the molecule is CCCCCCCCCCCCC1CCc2c1cccc2[N+](=O)[O-]. The molecule has 0 amide bonds. The van der Waals surface area contributed by atoms with Crippen LogP contribution in [0.2, 0.25) is 0 Å². The topological polar surface area (TPSA) is 43.1 Å². The van der Waals surface area contributed by atoms with Gasteiger partial charge < -0.3 is 0 Å². The van der Waals surface area contributed by atoms with Gasteiger partial charge in [0.2, 0.25) is 0 Å². The maximum absolute atomic E-state index is 11.1. The van der Waals surface area contributed by atoms with Gasteiger partial charge in [-0.2, -0.15) is 0 Å². The predicted molar refractivity (Wildman–Crippen MR) is 101 cm³/mol. The molecule has 1 aromatic rings. The summed E-state index contributed by atoms with van der Waals surface area (Å²) in [6.07, 6.45) is 16.8. The van der Waals surface area contributed by atoms with Crippen LogP contribution in [0.15, 0.2) is 18.2 Å². The standard InChI is InChI=1S/C21H33NO2/c1-2-3-4-5-6-7-8-9-10-11-13-18-16-17-20-19(18)14-12-15-21(20)22(23)24/h12,14-15,18H,2-11,13,16-17H2,1H3. The highest BCUT2D eigenvalue weighted by atomic mass is 16.6. The number of benzene rings is 1. The minimum atomic E-state index is -0.221. The molecule has 3 heteroatoms. The van der Waals surface area contributed by atoms with E-state index in [0.717, 1.165) is 18.4 Å². The number of hydrogen-bond donors (Lipinski definition) is 0. The zero-order valence-electron chi connectivity index (χ0n) is 15.3. The lowest BCUT2D eigenvalue weighted by molar-refractivity contribution is -0.385. The molecule has 1 aromatic carbocycles. The molecule has 3 nitrogen and oxygen atoms in total. The van der Waals surface area contributed by atoms with E-state index in [1.165, 1.54) is 76.2 Å². The Morgan fingerprint density at radius 2 is 1.62 bits per heavy atom. The number of hydrogen-bond acceptors (Lipinski definition) is 2. The van der Waals surface area contributed by atoms with Crippen molar-refractivity contribution in [3.05, 3.63) is 39.4 Å². The minimum absolute atomic E-state index is 0.221. The molecule has 0 radical (unpaired) electrons. The van der Waals surface area contributed by atoms with Crippen molar-refractivity contribution in [2.24, 2.45) is 0 Å². The van der Waals surface area contributed by atoms with Gasteiger partial charge in [-0.05, 0) is 30.7 Å². The molecular formula is C21H33NO2. The second-order valence-corrected chi connectivity index (χ2v) is 7.31. The molecule has 1 aliphatic carbocycles. The second-order valence-electron chi connectivity index (χ2n) is 7.31. The summed E-state index contributed by atoms with van der Waals surface area (Å²) in [5.41, 5.74) is 2.58. The van der Waals surface area contributed by atoms with Gasteiger partial charge in [0.1, 0.15) is 0 Å². The lowest BCUT2D eigenvalue weighted by Crippen LogP contribution is -1.96. The maximum Gasteiger partial charge on any atom is 0.272 e. The van der Waals surface area contributed by atoms with Gasteiger partial charge in [-0.25, -0.2) is 0 Å². The van der Waals surface area contributed by atoms with Gasteiger partial charge in [0.25, 0.3) is 5.69 Å². The Hall–Kier alpha value is -1.38. The number of rotatable bonds is 12. The lowest BCUT2D eigenvalue weighted by Gasteiger charge is -2.11. The fraction of sp³-hybridized carbons (Fsp3) is 0.714. The van der Waals surface area contributed by atoms with Gasteiger partial charge in [0, 0.05) is 11.6 Å². The van der Waals surface area contributed by atoms with Crippen LogP contribution >= 0.6 is 0 Å². The summed E-state index contributed by atoms with van der Waals surface area (Å²) in [5, 5.41) is 11.1. The van der Waals surface area contributed by atoms with Crippen molar-refractivity contribution in [2.75, 3.05) is 0 Å². The average molecular weight is 332 g/mol. The van der Waals surface area contributed by atoms with Crippen LogP contribution in [0.3, 0.4) is 0 Å². The van der Waals surface area contributed by atoms with Crippen LogP contribution < -0.4 is 0 Å². The molecule has 1 unspecified atom stereocenters. The van der Waals surface area contributed by atoms with Gasteiger partial charge >= 0.3 is 0 Å². The molecule has 0 spiro atoms. The summed E-state index contributed by atoms with van der Waals surface area (Å²) in [6.45, 7) is 2.26. The molecule has 1 atom stereocenters. The zero-order valence-corrected chi connectivity index (χ0v) is 15.3. The summed E-state index contributed by atoms with van der Waals surface area (Å²) >= 11 is 0. The van der Waals surface area contributed by atoms with Gasteiger partial charge in [0.05, 0.1) is 4.92 Å². The van der Waals surface area contributed by atoms with E-state index in [2.05, 4.69) is 13.0 Å². The summed E-state index contributed by atoms with van der Waals surface area (Å²) in [7, 11) is 0. The lowest BCUT2D eigenvalue weighted by atomic mass is 9.94. The Balaban J connectivity index is 1.60. The summed E-state index contributed by atoms with van der Waals surface area (Å²) in [4.78, 5) is 10.9. The number of fused-ring (bicyclic) bond motifs is 1. The van der Waals surface area contributed by atoms with Crippen molar-refractivity contribution in [1.82, 2.24) is 0 Å². The Kier molecular flexibility index (Phi) is 8.27. The summed E-state index contributed by atoms with van der Waals surface area (Å²) in [6, 6.07) is 5.62. The van der Waals surface area contributed by atoms with Crippen LogP contribution in [0.25, 0.3) is 0 Å². The van der Waals surface area contributed by atoms with Crippen molar-refractivity contribution in [3.8, 4) is 0 Å². The third-order valence-corrected chi connectivity index (χ3v) is 5.47. The van der Waals surface area contributed by atoms with Gasteiger partial charge in [0.15, 0.2) is 0 Å². The molecule has 0 aliphatic heterocycles. The molecule has 0 fully saturated rings. The number of nitro benzene ring substituents is 1. The Morgan fingerprint density at radius 3 is 2.25 bits per heavy atom. The first-order valence-corrected chi connectivity index (χ1v) is 10.00. The van der Waals surface area contributed by atoms with Crippen LogP contribution in [0, 0.1) is 10.1 Å². The molecule has 134 valence electrons. The Morgan fingerprint density at radius 1 is 1.00 bits per heavy atom. The highest BCUT2D eigenvalue weighted by molar-refractivity contribution is 5.49. The summed E-state index contributed by atoms with van der Waals surface area (Å²) < 4.78 is 0. The minimum Gasteiger partial charge on any atom is -0.258 e. The number of nitro groups is 1. The molecule has 1 aliphatic rings. The second kappa shape index (κ2) is 10.5. The van der Waals surface area contributed by atoms with Crippen molar-refractivity contribution in [2.45, 2.75) is 96.3 Å². The van der Waals surface area contributed by atoms with Gasteiger partial charge in [-0.1, -0.05) is 83.3 Å². The van der Waals surface area contributed by atoms with E-state index in [9.17, 15) is 10.1 Å². The van der Waals surface area contributed by atoms with Crippen molar-refractivity contribution in [3.63, 3.8) is 0 Å². The van der Waals surface area contributed by atoms with E-state index in [0.29, 0.717) is 11.6 Å². The zero-order chi connectivity index (χ0) is 17.2. The van der Waals surface area contributed by atoms with Crippen molar-refractivity contribution in [1.29, 1.82) is 0 Å². The molecule has 0 aromatic heterocycles. The van der Waals surface area contributed by atoms with E-state index in [1.54, 1.807) is 6.07 Å². The Labute approximate surface area is 147 Å². The first-order chi connectivity index (χ1) is 11.7. The van der Waals surface area contributed by atoms with Crippen LogP contribution in [0.4, 0.5) is 5.69 Å². The van der Waals surface area contributed by atoms with Crippen LogP contribution in [0.5, 0.6) is 0 Å². The molecule has 0 saturated carbocycles. The molecule has 0 N–H and O–H groups in total. The van der Waals surface area contributed by atoms with Crippen LogP contribution in [0.1, 0.15) is 101 Å². The number of nitrogens with zero attached hydrogens (tertiary/aromatic N) is 1. The fourth-order valence-corrected chi connectivity index (χ4v) is 4.07. The van der Waals surface area contributed by atoms with E-state index in [4.69, 9.17) is 0 Å². The molecule has 24 heavy (non-hydrogen) atoms. The van der Waals surface area contributed by atoms with Crippen molar-refractivity contribution < 1.29 is 4.92 Å². The van der Waals surface area contributed by atoms with Crippen LogP contribution in [-0.2, 0) is 6.42 Å². The van der Waals surface area contributed by atoms with Gasteiger partial charge in [-0.15, -0.1) is 0 Å². The highest BCUT2D eigenvalue weighted by Gasteiger charge is 2.28. The molecule has 2 rings (SSSR count). The van der Waals surface area contributed by atoms with Crippen molar-refractivity contribution >= 4 is 5.69 Å². The maximum atomic E-state index is 11.1. The molecular weight excluding hydrogens is 298 g/mol. The van der Waals surface area contributed by atoms with E-state index < -0.39 is 0 Å². The average Bonchev–Trinajstić information content (AvgIpc) is 2.99. The molecule has 0 saturated heterocycles. The highest BCUT2D eigenvalue weighted by Crippen LogP contribution is 2.40. The van der Waals surface area contributed by atoms with E-state index >= 15 is 0 Å². The monoisotopic (exact) mass is 331 g/mol.